The van der Waals surface area contributed by atoms with Gasteiger partial charge in [-0.2, -0.15) is 5.10 Å². The molecule has 2 saturated heterocycles. The molecule has 0 aromatic carbocycles. The molecule has 0 radical (unpaired) electrons. The molecule has 3 rings (SSSR count). The van der Waals surface area contributed by atoms with Crippen molar-refractivity contribution in [2.75, 3.05) is 46.4 Å². The lowest BCUT2D eigenvalue weighted by Crippen LogP contribution is -2.53. The van der Waals surface area contributed by atoms with Crippen molar-refractivity contribution in [3.63, 3.8) is 0 Å². The molecule has 2 fully saturated rings. The van der Waals surface area contributed by atoms with Crippen molar-refractivity contribution in [2.24, 2.45) is 0 Å². The molecular formula is C15H25FN6O. The maximum absolute atomic E-state index is 12.6. The van der Waals surface area contributed by atoms with E-state index in [1.165, 1.54) is 6.33 Å². The molecule has 1 atom stereocenters. The van der Waals surface area contributed by atoms with Crippen molar-refractivity contribution in [3.05, 3.63) is 12.2 Å². The molecule has 128 valence electrons. The van der Waals surface area contributed by atoms with E-state index in [9.17, 15) is 9.18 Å². The first-order valence-corrected chi connectivity index (χ1v) is 8.33. The molecule has 0 saturated carbocycles. The molecule has 7 nitrogen and oxygen atoms in total. The minimum Gasteiger partial charge on any atom is -0.339 e. The first-order chi connectivity index (χ1) is 11.2. The second kappa shape index (κ2) is 7.35. The number of hydrogen-bond acceptors (Lipinski definition) is 5. The van der Waals surface area contributed by atoms with Crippen LogP contribution in [0.2, 0.25) is 0 Å². The molecule has 0 aliphatic carbocycles. The second-order valence-electron chi connectivity index (χ2n) is 6.33. The zero-order valence-electron chi connectivity index (χ0n) is 13.7. The lowest BCUT2D eigenvalue weighted by atomic mass is 10.1. The predicted molar refractivity (Wildman–Crippen MR) is 83.5 cm³/mol. The third-order valence-electron chi connectivity index (χ3n) is 4.85. The van der Waals surface area contributed by atoms with Gasteiger partial charge in [-0.15, -0.1) is 0 Å². The average molecular weight is 324 g/mol. The molecule has 8 heteroatoms. The average Bonchev–Trinajstić information content (AvgIpc) is 3.17. The number of piperazine rings is 1. The van der Waals surface area contributed by atoms with Gasteiger partial charge in [-0.25, -0.2) is 14.1 Å². The number of aromatic nitrogens is 3. The summed E-state index contributed by atoms with van der Waals surface area (Å²) in [5.74, 6) is 1.06. The Morgan fingerprint density at radius 3 is 2.74 bits per heavy atom. The quantitative estimate of drug-likeness (QED) is 0.762. The SMILES string of the molecule is CN1CCCC1C(=O)N1CCN(Cc2ncnn2CCF)CC1. The highest BCUT2D eigenvalue weighted by Crippen LogP contribution is 2.18. The highest BCUT2D eigenvalue weighted by atomic mass is 19.1. The molecule has 1 unspecified atom stereocenters. The van der Waals surface area contributed by atoms with E-state index >= 15 is 0 Å². The normalized spacial score (nSPS) is 23.6. The first kappa shape index (κ1) is 16.3. The van der Waals surface area contributed by atoms with E-state index in [4.69, 9.17) is 0 Å². The minimum absolute atomic E-state index is 0.0641. The molecule has 2 aliphatic heterocycles. The Morgan fingerprint density at radius 2 is 2.09 bits per heavy atom. The summed E-state index contributed by atoms with van der Waals surface area (Å²) in [5, 5.41) is 4.04. The van der Waals surface area contributed by atoms with Crippen molar-refractivity contribution in [3.8, 4) is 0 Å². The van der Waals surface area contributed by atoms with Crippen LogP contribution in [0.1, 0.15) is 18.7 Å². The summed E-state index contributed by atoms with van der Waals surface area (Å²) >= 11 is 0. The number of likely N-dealkylation sites (N-methyl/N-ethyl adjacent to an activating group) is 1. The molecule has 1 aromatic heterocycles. The zero-order chi connectivity index (χ0) is 16.2. The van der Waals surface area contributed by atoms with Crippen molar-refractivity contribution in [2.45, 2.75) is 32.0 Å². The molecule has 1 aromatic rings. The standard InChI is InChI=1S/C15H25FN6O/c1-19-5-2-3-13(19)15(23)21-9-7-20(8-10-21)11-14-17-12-18-22(14)6-4-16/h12-13H,2-11H2,1H3. The van der Waals surface area contributed by atoms with Crippen LogP contribution in [-0.2, 0) is 17.9 Å². The predicted octanol–water partition coefficient (Wildman–Crippen LogP) is -0.0140. The smallest absolute Gasteiger partial charge is 0.240 e. The van der Waals surface area contributed by atoms with Gasteiger partial charge >= 0.3 is 0 Å². The molecule has 3 heterocycles. The fourth-order valence-electron chi connectivity index (χ4n) is 3.44. The second-order valence-corrected chi connectivity index (χ2v) is 6.33. The van der Waals surface area contributed by atoms with Crippen LogP contribution in [0.3, 0.4) is 0 Å². The molecule has 0 bridgehead atoms. The Kier molecular flexibility index (Phi) is 5.22. The Hall–Kier alpha value is -1.54. The third kappa shape index (κ3) is 3.69. The van der Waals surface area contributed by atoms with Gasteiger partial charge in [-0.3, -0.25) is 14.6 Å². The van der Waals surface area contributed by atoms with Crippen LogP contribution in [0.5, 0.6) is 0 Å². The van der Waals surface area contributed by atoms with Crippen LogP contribution in [0.15, 0.2) is 6.33 Å². The first-order valence-electron chi connectivity index (χ1n) is 8.33. The van der Waals surface area contributed by atoms with Gasteiger partial charge in [0.15, 0.2) is 0 Å². The number of halogens is 1. The van der Waals surface area contributed by atoms with Gasteiger partial charge in [0.25, 0.3) is 0 Å². The maximum atomic E-state index is 12.6. The number of likely N-dealkylation sites (tertiary alicyclic amines) is 1. The van der Waals surface area contributed by atoms with E-state index in [1.54, 1.807) is 4.68 Å². The monoisotopic (exact) mass is 324 g/mol. The molecule has 0 spiro atoms. The summed E-state index contributed by atoms with van der Waals surface area (Å²) < 4.78 is 14.1. The van der Waals surface area contributed by atoms with E-state index in [1.807, 2.05) is 11.9 Å². The van der Waals surface area contributed by atoms with Gasteiger partial charge in [0, 0.05) is 26.2 Å². The molecule has 2 aliphatic rings. The number of carbonyl (C=O) groups excluding carboxylic acids is 1. The Balaban J connectivity index is 1.50. The molecule has 23 heavy (non-hydrogen) atoms. The van der Waals surface area contributed by atoms with Crippen LogP contribution in [0.4, 0.5) is 4.39 Å². The number of aryl methyl sites for hydroxylation is 1. The third-order valence-corrected chi connectivity index (χ3v) is 4.85. The van der Waals surface area contributed by atoms with E-state index in [2.05, 4.69) is 19.9 Å². The number of nitrogens with zero attached hydrogens (tertiary/aromatic N) is 6. The molecule has 1 amide bonds. The number of hydrogen-bond donors (Lipinski definition) is 0. The summed E-state index contributed by atoms with van der Waals surface area (Å²) in [6, 6.07) is 0.0641. The van der Waals surface area contributed by atoms with Crippen LogP contribution in [0.25, 0.3) is 0 Å². The minimum atomic E-state index is -0.437. The van der Waals surface area contributed by atoms with E-state index in [0.717, 1.165) is 51.4 Å². The zero-order valence-corrected chi connectivity index (χ0v) is 13.7. The largest absolute Gasteiger partial charge is 0.339 e. The van der Waals surface area contributed by atoms with Gasteiger partial charge in [0.2, 0.25) is 5.91 Å². The van der Waals surface area contributed by atoms with Gasteiger partial charge in [-0.05, 0) is 26.4 Å². The maximum Gasteiger partial charge on any atom is 0.240 e. The van der Waals surface area contributed by atoms with Crippen LogP contribution >= 0.6 is 0 Å². The summed E-state index contributed by atoms with van der Waals surface area (Å²) in [6.07, 6.45) is 3.56. The topological polar surface area (TPSA) is 57.5 Å². The summed E-state index contributed by atoms with van der Waals surface area (Å²) in [6.45, 7) is 4.64. The number of rotatable bonds is 5. The van der Waals surface area contributed by atoms with Crippen molar-refractivity contribution in [1.29, 1.82) is 0 Å². The van der Waals surface area contributed by atoms with Gasteiger partial charge in [-0.1, -0.05) is 0 Å². The molecule has 0 N–H and O–H groups in total. The fraction of sp³-hybridized carbons (Fsp3) is 0.800. The Bertz CT molecular complexity index is 528. The van der Waals surface area contributed by atoms with Gasteiger partial charge in [0.05, 0.1) is 19.1 Å². The van der Waals surface area contributed by atoms with Gasteiger partial charge in [0.1, 0.15) is 18.8 Å². The van der Waals surface area contributed by atoms with Crippen molar-refractivity contribution in [1.82, 2.24) is 29.5 Å². The Labute approximate surface area is 136 Å². The Morgan fingerprint density at radius 1 is 1.30 bits per heavy atom. The summed E-state index contributed by atoms with van der Waals surface area (Å²) in [7, 11) is 2.03. The van der Waals surface area contributed by atoms with Gasteiger partial charge < -0.3 is 4.90 Å². The van der Waals surface area contributed by atoms with Crippen LogP contribution < -0.4 is 0 Å². The highest BCUT2D eigenvalue weighted by Gasteiger charge is 2.32. The lowest BCUT2D eigenvalue weighted by molar-refractivity contribution is -0.137. The fourth-order valence-corrected chi connectivity index (χ4v) is 3.44. The van der Waals surface area contributed by atoms with Crippen molar-refractivity contribution < 1.29 is 9.18 Å². The number of alkyl halides is 1. The lowest BCUT2D eigenvalue weighted by Gasteiger charge is -2.36. The summed E-state index contributed by atoms with van der Waals surface area (Å²) in [4.78, 5) is 23.2. The summed E-state index contributed by atoms with van der Waals surface area (Å²) in [5.41, 5.74) is 0. The molecular weight excluding hydrogens is 299 g/mol. The van der Waals surface area contributed by atoms with E-state index in [-0.39, 0.29) is 18.5 Å². The van der Waals surface area contributed by atoms with Crippen molar-refractivity contribution >= 4 is 5.91 Å². The number of amides is 1. The number of carbonyl (C=O) groups is 1. The van der Waals surface area contributed by atoms with E-state index < -0.39 is 6.67 Å². The van der Waals surface area contributed by atoms with Crippen LogP contribution in [0, 0.1) is 0 Å². The van der Waals surface area contributed by atoms with E-state index in [0.29, 0.717) is 6.54 Å². The van der Waals surface area contributed by atoms with Crippen LogP contribution in [-0.4, -0.2) is 87.9 Å². The highest BCUT2D eigenvalue weighted by molar-refractivity contribution is 5.82.